The number of phenols is 1. The van der Waals surface area contributed by atoms with Crippen LogP contribution in [0.2, 0.25) is 0 Å². The smallest absolute Gasteiger partial charge is 0.336 e. The number of hydrogen-bond acceptors (Lipinski definition) is 4. The Kier molecular flexibility index (Phi) is 5.31. The number of aromatic hydroxyl groups is 1. The van der Waals surface area contributed by atoms with Crippen LogP contribution in [-0.2, 0) is 0 Å². The fourth-order valence-electron chi connectivity index (χ4n) is 4.85. The molecule has 2 N–H and O–H groups in total. The van der Waals surface area contributed by atoms with Crippen molar-refractivity contribution in [3.63, 3.8) is 0 Å². The van der Waals surface area contributed by atoms with E-state index in [0.717, 1.165) is 22.3 Å². The molecule has 0 amide bonds. The van der Waals surface area contributed by atoms with Gasteiger partial charge in [0, 0.05) is 34.2 Å². The van der Waals surface area contributed by atoms with Gasteiger partial charge in [-0.3, -0.25) is 4.79 Å². The van der Waals surface area contributed by atoms with Crippen LogP contribution < -0.4 is 5.43 Å². The molecule has 5 heteroatoms. The number of phenolic OH excluding ortho intramolecular Hbond substituents is 1. The predicted molar refractivity (Wildman–Crippen MR) is 144 cm³/mol. The molecule has 4 aromatic carbocycles. The van der Waals surface area contributed by atoms with Gasteiger partial charge in [-0.2, -0.15) is 0 Å². The van der Waals surface area contributed by atoms with E-state index in [9.17, 15) is 19.8 Å². The van der Waals surface area contributed by atoms with Gasteiger partial charge in [-0.25, -0.2) is 4.79 Å². The summed E-state index contributed by atoms with van der Waals surface area (Å²) >= 11 is 0. The number of aromatic carboxylic acids is 1. The van der Waals surface area contributed by atoms with E-state index in [1.54, 1.807) is 18.2 Å². The van der Waals surface area contributed by atoms with Crippen LogP contribution >= 0.6 is 0 Å². The van der Waals surface area contributed by atoms with Crippen molar-refractivity contribution >= 4 is 16.9 Å². The van der Waals surface area contributed by atoms with Crippen LogP contribution in [0.5, 0.6) is 5.75 Å². The summed E-state index contributed by atoms with van der Waals surface area (Å²) < 4.78 is 6.00. The monoisotopic (exact) mass is 484 g/mol. The van der Waals surface area contributed by atoms with E-state index in [1.807, 2.05) is 66.7 Å². The van der Waals surface area contributed by atoms with Crippen LogP contribution in [0.4, 0.5) is 0 Å². The standard InChI is InChI=1S/C32H20O5/c33-22-11-13-24-28(17-22)37-29-18-23(34)12-14-25(29)30(24)31-26(20-9-5-2-6-10-20)15-21(16-27(31)32(35)36)19-7-3-1-4-8-19/h1-18,33H,(H,35,36). The molecule has 0 fully saturated rings. The molecule has 4 aromatic rings. The zero-order valence-corrected chi connectivity index (χ0v) is 19.5. The second-order valence-corrected chi connectivity index (χ2v) is 8.80. The number of carbonyl (C=O) groups is 1. The maximum Gasteiger partial charge on any atom is 0.336 e. The zero-order chi connectivity index (χ0) is 25.5. The van der Waals surface area contributed by atoms with Gasteiger partial charge in [0.15, 0.2) is 5.43 Å². The molecule has 0 unspecified atom stereocenters. The first kappa shape index (κ1) is 22.3. The fourth-order valence-corrected chi connectivity index (χ4v) is 4.85. The molecule has 0 saturated heterocycles. The summed E-state index contributed by atoms with van der Waals surface area (Å²) in [5.41, 5.74) is 5.20. The van der Waals surface area contributed by atoms with Gasteiger partial charge in [0.1, 0.15) is 17.1 Å². The van der Waals surface area contributed by atoms with Crippen molar-refractivity contribution in [1.82, 2.24) is 0 Å². The summed E-state index contributed by atoms with van der Waals surface area (Å²) in [6, 6.07) is 32.1. The molecule has 5 nitrogen and oxygen atoms in total. The van der Waals surface area contributed by atoms with Crippen LogP contribution in [0, 0.1) is 0 Å². The lowest BCUT2D eigenvalue weighted by Gasteiger charge is -2.21. The third-order valence-corrected chi connectivity index (χ3v) is 6.49. The Labute approximate surface area is 211 Å². The maximum atomic E-state index is 12.8. The molecule has 37 heavy (non-hydrogen) atoms. The molecule has 0 saturated carbocycles. The predicted octanol–water partition coefficient (Wildman–Crippen LogP) is 7.30. The number of benzene rings is 5. The molecule has 1 aliphatic carbocycles. The summed E-state index contributed by atoms with van der Waals surface area (Å²) in [6.07, 6.45) is 0. The van der Waals surface area contributed by atoms with E-state index in [2.05, 4.69) is 0 Å². The zero-order valence-electron chi connectivity index (χ0n) is 19.5. The normalized spacial score (nSPS) is 11.1. The highest BCUT2D eigenvalue weighted by molar-refractivity contribution is 6.12. The number of carboxylic acids is 1. The second-order valence-electron chi connectivity index (χ2n) is 8.80. The summed E-state index contributed by atoms with van der Waals surface area (Å²) in [6.45, 7) is 0. The van der Waals surface area contributed by atoms with E-state index < -0.39 is 5.97 Å². The van der Waals surface area contributed by atoms with Crippen molar-refractivity contribution in [2.75, 3.05) is 0 Å². The highest BCUT2D eigenvalue weighted by Crippen LogP contribution is 2.47. The first-order valence-electron chi connectivity index (χ1n) is 11.7. The Morgan fingerprint density at radius 3 is 2.05 bits per heavy atom. The molecular weight excluding hydrogens is 464 g/mol. The lowest BCUT2D eigenvalue weighted by molar-refractivity contribution is 0.0698. The Balaban J connectivity index is 1.82. The Hall–Kier alpha value is -5.16. The van der Waals surface area contributed by atoms with Crippen molar-refractivity contribution in [2.24, 2.45) is 0 Å². The molecule has 0 spiro atoms. The van der Waals surface area contributed by atoms with Gasteiger partial charge >= 0.3 is 5.97 Å². The van der Waals surface area contributed by atoms with Crippen LogP contribution in [-0.4, -0.2) is 16.2 Å². The average Bonchev–Trinajstić information content (AvgIpc) is 2.92. The fraction of sp³-hybridized carbons (Fsp3) is 0. The highest BCUT2D eigenvalue weighted by Gasteiger charge is 2.26. The molecule has 178 valence electrons. The second kappa shape index (κ2) is 8.81. The minimum absolute atomic E-state index is 0.000921. The lowest BCUT2D eigenvalue weighted by atomic mass is 9.83. The van der Waals surface area contributed by atoms with Crippen LogP contribution in [0.3, 0.4) is 0 Å². The largest absolute Gasteiger partial charge is 0.508 e. The van der Waals surface area contributed by atoms with Gasteiger partial charge in [0.25, 0.3) is 0 Å². The van der Waals surface area contributed by atoms with E-state index in [1.165, 1.54) is 24.3 Å². The molecule has 0 aromatic heterocycles. The number of hydrogen-bond donors (Lipinski definition) is 2. The topological polar surface area (TPSA) is 87.7 Å². The molecule has 0 radical (unpaired) electrons. The van der Waals surface area contributed by atoms with Gasteiger partial charge < -0.3 is 14.6 Å². The van der Waals surface area contributed by atoms with Crippen LogP contribution in [0.1, 0.15) is 10.4 Å². The Morgan fingerprint density at radius 1 is 0.649 bits per heavy atom. The maximum absolute atomic E-state index is 12.8. The molecule has 6 rings (SSSR count). The van der Waals surface area contributed by atoms with E-state index in [4.69, 9.17) is 4.42 Å². The molecule has 2 aliphatic rings. The minimum atomic E-state index is -1.08. The average molecular weight is 485 g/mol. The molecular formula is C32H20O5. The SMILES string of the molecule is O=C(O)c1cc(-c2ccccc2)cc(-c2ccccc2)c1-c1c2ccc(=O)cc-2oc2cc(O)ccc12. The minimum Gasteiger partial charge on any atom is -0.508 e. The highest BCUT2D eigenvalue weighted by atomic mass is 16.4. The van der Waals surface area contributed by atoms with Crippen LogP contribution in [0.25, 0.3) is 55.7 Å². The molecule has 0 atom stereocenters. The van der Waals surface area contributed by atoms with Gasteiger partial charge in [-0.1, -0.05) is 60.7 Å². The van der Waals surface area contributed by atoms with E-state index in [-0.39, 0.29) is 16.7 Å². The number of carboxylic acid groups (broad SMARTS) is 1. The first-order valence-corrected chi connectivity index (χ1v) is 11.7. The van der Waals surface area contributed by atoms with Gasteiger partial charge in [-0.15, -0.1) is 0 Å². The van der Waals surface area contributed by atoms with Gasteiger partial charge in [0.2, 0.25) is 0 Å². The van der Waals surface area contributed by atoms with Crippen molar-refractivity contribution in [3.05, 3.63) is 125 Å². The van der Waals surface area contributed by atoms with Crippen molar-refractivity contribution in [3.8, 4) is 50.5 Å². The summed E-state index contributed by atoms with van der Waals surface area (Å²) in [5, 5.41) is 21.3. The van der Waals surface area contributed by atoms with Gasteiger partial charge in [-0.05, 0) is 58.7 Å². The molecule has 1 aliphatic heterocycles. The third kappa shape index (κ3) is 3.93. The quantitative estimate of drug-likeness (QED) is 0.256. The van der Waals surface area contributed by atoms with Crippen molar-refractivity contribution in [2.45, 2.75) is 0 Å². The van der Waals surface area contributed by atoms with Crippen molar-refractivity contribution < 1.29 is 19.4 Å². The summed E-state index contributed by atoms with van der Waals surface area (Å²) in [5.74, 6) is -0.768. The number of rotatable bonds is 4. The number of fused-ring (bicyclic) bond motifs is 2. The summed E-state index contributed by atoms with van der Waals surface area (Å²) in [7, 11) is 0. The Bertz CT molecular complexity index is 1820. The van der Waals surface area contributed by atoms with Crippen LogP contribution in [0.15, 0.2) is 118 Å². The molecule has 0 bridgehead atoms. The third-order valence-electron chi connectivity index (χ3n) is 6.49. The van der Waals surface area contributed by atoms with Crippen molar-refractivity contribution in [1.29, 1.82) is 0 Å². The summed E-state index contributed by atoms with van der Waals surface area (Å²) in [4.78, 5) is 25.0. The van der Waals surface area contributed by atoms with E-state index >= 15 is 0 Å². The Morgan fingerprint density at radius 2 is 1.35 bits per heavy atom. The molecule has 1 heterocycles. The first-order chi connectivity index (χ1) is 18.0. The van der Waals surface area contributed by atoms with Gasteiger partial charge in [0.05, 0.1) is 5.56 Å². The lowest BCUT2D eigenvalue weighted by Crippen LogP contribution is -2.05. The van der Waals surface area contributed by atoms with E-state index in [0.29, 0.717) is 33.4 Å².